The molecule has 1 aliphatic heterocycles. The summed E-state index contributed by atoms with van der Waals surface area (Å²) in [4.78, 5) is 25.1. The van der Waals surface area contributed by atoms with Crippen molar-refractivity contribution >= 4 is 29.0 Å². The van der Waals surface area contributed by atoms with Crippen LogP contribution in [0.2, 0.25) is 0 Å². The van der Waals surface area contributed by atoms with Crippen LogP contribution in [0.3, 0.4) is 0 Å². The average Bonchev–Trinajstić information content (AvgIpc) is 2.55. The lowest BCUT2D eigenvalue weighted by Gasteiger charge is -2.32. The quantitative estimate of drug-likeness (QED) is 0.852. The molecule has 1 heterocycles. The number of imide groups is 1. The summed E-state index contributed by atoms with van der Waals surface area (Å²) in [6.45, 7) is 8.46. The van der Waals surface area contributed by atoms with Crippen molar-refractivity contribution in [1.29, 1.82) is 0 Å². The van der Waals surface area contributed by atoms with Gasteiger partial charge in [0.25, 0.3) is 0 Å². The molecule has 5 nitrogen and oxygen atoms in total. The van der Waals surface area contributed by atoms with E-state index < -0.39 is 0 Å². The summed E-state index contributed by atoms with van der Waals surface area (Å²) in [7, 11) is 0. The highest BCUT2D eigenvalue weighted by molar-refractivity contribution is 6.06. The van der Waals surface area contributed by atoms with Crippen LogP contribution in [-0.2, 0) is 10.2 Å². The van der Waals surface area contributed by atoms with Crippen LogP contribution in [0.1, 0.15) is 39.7 Å². The Kier molecular flexibility index (Phi) is 4.72. The van der Waals surface area contributed by atoms with Crippen molar-refractivity contribution in [3.05, 3.63) is 54.1 Å². The number of nitrogens with one attached hydrogen (secondary N) is 2. The maximum absolute atomic E-state index is 12.1. The number of rotatable bonds is 3. The second-order valence-corrected chi connectivity index (χ2v) is 7.78. The molecule has 26 heavy (non-hydrogen) atoms. The van der Waals surface area contributed by atoms with E-state index in [4.69, 9.17) is 0 Å². The van der Waals surface area contributed by atoms with E-state index in [-0.39, 0.29) is 23.4 Å². The Morgan fingerprint density at radius 1 is 0.962 bits per heavy atom. The van der Waals surface area contributed by atoms with Crippen LogP contribution in [0.5, 0.6) is 0 Å². The molecule has 0 aliphatic carbocycles. The van der Waals surface area contributed by atoms with Crippen LogP contribution in [0.4, 0.5) is 21.9 Å². The van der Waals surface area contributed by atoms with E-state index in [9.17, 15) is 9.59 Å². The number of carbonyl (C=O) groups excluding carboxylic acids is 2. The highest BCUT2D eigenvalue weighted by atomic mass is 16.2. The van der Waals surface area contributed by atoms with E-state index in [1.54, 1.807) is 4.90 Å². The Morgan fingerprint density at radius 2 is 1.50 bits per heavy atom. The fourth-order valence-corrected chi connectivity index (χ4v) is 3.09. The third-order valence-electron chi connectivity index (χ3n) is 4.57. The number of carbonyl (C=O) groups is 2. The maximum atomic E-state index is 12.1. The molecule has 2 N–H and O–H groups in total. The Labute approximate surface area is 154 Å². The third kappa shape index (κ3) is 3.87. The van der Waals surface area contributed by atoms with E-state index >= 15 is 0 Å². The van der Waals surface area contributed by atoms with Gasteiger partial charge in [0.15, 0.2) is 0 Å². The molecule has 0 radical (unpaired) electrons. The predicted molar refractivity (Wildman–Crippen MR) is 105 cm³/mol. The molecule has 3 amide bonds. The fourth-order valence-electron chi connectivity index (χ4n) is 3.09. The highest BCUT2D eigenvalue weighted by Gasteiger charge is 2.30. The van der Waals surface area contributed by atoms with E-state index in [2.05, 4.69) is 55.7 Å². The molecular formula is C21H25N3O2. The van der Waals surface area contributed by atoms with Crippen LogP contribution >= 0.6 is 0 Å². The van der Waals surface area contributed by atoms with Crippen LogP contribution in [-0.4, -0.2) is 18.0 Å². The molecule has 0 bridgehead atoms. The van der Waals surface area contributed by atoms with Crippen molar-refractivity contribution in [3.8, 4) is 0 Å². The first-order valence-corrected chi connectivity index (χ1v) is 8.85. The van der Waals surface area contributed by atoms with E-state index in [1.807, 2.05) is 31.2 Å². The van der Waals surface area contributed by atoms with Crippen molar-refractivity contribution in [2.24, 2.45) is 0 Å². The smallest absolute Gasteiger partial charge is 0.328 e. The molecular weight excluding hydrogens is 326 g/mol. The summed E-state index contributed by atoms with van der Waals surface area (Å²) >= 11 is 0. The van der Waals surface area contributed by atoms with Crippen molar-refractivity contribution < 1.29 is 9.59 Å². The van der Waals surface area contributed by atoms with Crippen molar-refractivity contribution in [1.82, 2.24) is 5.32 Å². The number of urea groups is 1. The van der Waals surface area contributed by atoms with Crippen molar-refractivity contribution in [3.63, 3.8) is 0 Å². The minimum atomic E-state index is -0.368. The van der Waals surface area contributed by atoms with Crippen LogP contribution in [0.15, 0.2) is 48.5 Å². The number of benzene rings is 2. The lowest BCUT2D eigenvalue weighted by atomic mass is 9.87. The molecule has 0 aromatic heterocycles. The predicted octanol–water partition coefficient (Wildman–Crippen LogP) is 4.56. The summed E-state index contributed by atoms with van der Waals surface area (Å²) in [5.41, 5.74) is 4.15. The molecule has 1 atom stereocenters. The van der Waals surface area contributed by atoms with E-state index in [1.165, 1.54) is 5.56 Å². The van der Waals surface area contributed by atoms with Gasteiger partial charge in [0, 0.05) is 29.5 Å². The van der Waals surface area contributed by atoms with Gasteiger partial charge in [-0.2, -0.15) is 0 Å². The van der Waals surface area contributed by atoms with Gasteiger partial charge >= 0.3 is 6.03 Å². The minimum absolute atomic E-state index is 0.132. The average molecular weight is 351 g/mol. The van der Waals surface area contributed by atoms with E-state index in [0.29, 0.717) is 6.42 Å². The Hall–Kier alpha value is -2.82. The van der Waals surface area contributed by atoms with Crippen molar-refractivity contribution in [2.45, 2.75) is 45.6 Å². The van der Waals surface area contributed by atoms with Gasteiger partial charge < -0.3 is 5.32 Å². The molecule has 1 fully saturated rings. The van der Waals surface area contributed by atoms with Gasteiger partial charge in [0.2, 0.25) is 5.91 Å². The normalized spacial score (nSPS) is 17.8. The standard InChI is InChI=1S/C21H25N3O2/c1-14-13-19(25)23-20(26)24(14)18-11-9-17(10-12-18)22-16-7-5-15(6-8-16)21(2,3)4/h5-12,14,22H,13H2,1-4H3,(H,23,25,26). The monoisotopic (exact) mass is 351 g/mol. The molecule has 1 saturated heterocycles. The second-order valence-electron chi connectivity index (χ2n) is 7.78. The Balaban J connectivity index is 1.72. The second kappa shape index (κ2) is 6.83. The number of hydrogen-bond donors (Lipinski definition) is 2. The third-order valence-corrected chi connectivity index (χ3v) is 4.57. The molecule has 1 unspecified atom stereocenters. The SMILES string of the molecule is CC1CC(=O)NC(=O)N1c1ccc(Nc2ccc(C(C)(C)C)cc2)cc1. The number of amides is 3. The summed E-state index contributed by atoms with van der Waals surface area (Å²) in [5.74, 6) is -0.226. The van der Waals surface area contributed by atoms with Gasteiger partial charge in [-0.05, 0) is 54.3 Å². The minimum Gasteiger partial charge on any atom is -0.356 e. The summed E-state index contributed by atoms with van der Waals surface area (Å²) in [6, 6.07) is 15.5. The number of anilines is 3. The summed E-state index contributed by atoms with van der Waals surface area (Å²) < 4.78 is 0. The Morgan fingerprint density at radius 3 is 2.00 bits per heavy atom. The van der Waals surface area contributed by atoms with Gasteiger partial charge in [-0.3, -0.25) is 15.0 Å². The first-order valence-electron chi connectivity index (χ1n) is 8.85. The molecule has 5 heteroatoms. The zero-order valence-corrected chi connectivity index (χ0v) is 15.7. The lowest BCUT2D eigenvalue weighted by Crippen LogP contribution is -2.54. The van der Waals surface area contributed by atoms with Gasteiger partial charge in [0.1, 0.15) is 0 Å². The van der Waals surface area contributed by atoms with E-state index in [0.717, 1.165) is 17.1 Å². The van der Waals surface area contributed by atoms with Crippen LogP contribution in [0, 0.1) is 0 Å². The molecule has 0 saturated carbocycles. The zero-order valence-electron chi connectivity index (χ0n) is 15.7. The zero-order chi connectivity index (χ0) is 18.9. The number of hydrogen-bond acceptors (Lipinski definition) is 3. The lowest BCUT2D eigenvalue weighted by molar-refractivity contribution is -0.120. The fraction of sp³-hybridized carbons (Fsp3) is 0.333. The van der Waals surface area contributed by atoms with Crippen LogP contribution in [0.25, 0.3) is 0 Å². The summed E-state index contributed by atoms with van der Waals surface area (Å²) in [5, 5.41) is 5.73. The Bertz CT molecular complexity index is 805. The van der Waals surface area contributed by atoms with Gasteiger partial charge in [-0.15, -0.1) is 0 Å². The molecule has 2 aromatic rings. The molecule has 3 rings (SSSR count). The van der Waals surface area contributed by atoms with Crippen molar-refractivity contribution in [2.75, 3.05) is 10.2 Å². The molecule has 0 spiro atoms. The highest BCUT2D eigenvalue weighted by Crippen LogP contribution is 2.27. The van der Waals surface area contributed by atoms with Crippen LogP contribution < -0.4 is 15.5 Å². The molecule has 1 aliphatic rings. The van der Waals surface area contributed by atoms with Gasteiger partial charge in [0.05, 0.1) is 0 Å². The molecule has 136 valence electrons. The summed E-state index contributed by atoms with van der Waals surface area (Å²) in [6.07, 6.45) is 0.311. The topological polar surface area (TPSA) is 61.4 Å². The first kappa shape index (κ1) is 18.0. The first-order chi connectivity index (χ1) is 12.2. The maximum Gasteiger partial charge on any atom is 0.328 e. The van der Waals surface area contributed by atoms with Gasteiger partial charge in [-0.25, -0.2) is 4.79 Å². The largest absolute Gasteiger partial charge is 0.356 e. The number of nitrogens with zero attached hydrogens (tertiary/aromatic N) is 1. The molecule has 2 aromatic carbocycles. The van der Waals surface area contributed by atoms with Gasteiger partial charge in [-0.1, -0.05) is 32.9 Å².